The zero-order valence-electron chi connectivity index (χ0n) is 22.0. The Balaban J connectivity index is 1.36. The van der Waals surface area contributed by atoms with Gasteiger partial charge < -0.3 is 10.1 Å². The summed E-state index contributed by atoms with van der Waals surface area (Å²) in [5.74, 6) is -2.14. The van der Waals surface area contributed by atoms with Crippen molar-refractivity contribution in [1.82, 2.24) is 4.57 Å². The van der Waals surface area contributed by atoms with Gasteiger partial charge in [-0.1, -0.05) is 53.4 Å². The van der Waals surface area contributed by atoms with Gasteiger partial charge in [0.05, 0.1) is 28.7 Å². The van der Waals surface area contributed by atoms with E-state index in [1.807, 2.05) is 30.3 Å². The van der Waals surface area contributed by atoms with Crippen molar-refractivity contribution in [3.8, 4) is 5.75 Å². The number of thioether (sulfide) groups is 1. The molecule has 4 aromatic rings. The third-order valence-corrected chi connectivity index (χ3v) is 9.81. The van der Waals surface area contributed by atoms with Crippen molar-refractivity contribution < 1.29 is 24.0 Å². The molecule has 42 heavy (non-hydrogen) atoms. The minimum atomic E-state index is -0.865. The molecule has 0 spiro atoms. The average Bonchev–Trinajstić information content (AvgIpc) is 3.44. The van der Waals surface area contributed by atoms with Crippen LogP contribution in [-0.4, -0.2) is 39.6 Å². The van der Waals surface area contributed by atoms with E-state index in [-0.39, 0.29) is 22.8 Å². The van der Waals surface area contributed by atoms with Crippen molar-refractivity contribution in [2.24, 2.45) is 5.92 Å². The number of aromatic nitrogens is 1. The molecule has 1 aromatic heterocycles. The summed E-state index contributed by atoms with van der Waals surface area (Å²) in [7, 11) is 1.54. The summed E-state index contributed by atoms with van der Waals surface area (Å²) in [6, 6.07) is 21.2. The topological polar surface area (TPSA) is 141 Å². The average molecular weight is 603 g/mol. The Labute approximate surface area is 246 Å². The Bertz CT molecular complexity index is 1770. The molecule has 2 aliphatic rings. The van der Waals surface area contributed by atoms with E-state index >= 15 is 0 Å². The molecule has 0 saturated carbocycles. The molecule has 0 bridgehead atoms. The normalized spacial score (nSPS) is 19.3. The first-order valence-corrected chi connectivity index (χ1v) is 14.5. The fourth-order valence-electron chi connectivity index (χ4n) is 5.27. The van der Waals surface area contributed by atoms with Crippen LogP contribution in [0, 0.1) is 16.0 Å². The fourth-order valence-corrected chi connectivity index (χ4v) is 8.04. The second-order valence-electron chi connectivity index (χ2n) is 9.64. The van der Waals surface area contributed by atoms with Crippen molar-refractivity contribution in [1.29, 1.82) is 0 Å². The lowest BCUT2D eigenvalue weighted by Crippen LogP contribution is -2.33. The summed E-state index contributed by atoms with van der Waals surface area (Å²) >= 11 is 2.06. The number of rotatable bonds is 7. The van der Waals surface area contributed by atoms with Crippen LogP contribution < -0.4 is 19.8 Å². The number of hydrogen-bond donors (Lipinski definition) is 1. The molecule has 0 aliphatic carbocycles. The number of amides is 3. The fraction of sp³-hybridized carbons (Fsp3) is 0.172. The van der Waals surface area contributed by atoms with Gasteiger partial charge in [-0.2, -0.15) is 0 Å². The Morgan fingerprint density at radius 3 is 2.31 bits per heavy atom. The van der Waals surface area contributed by atoms with Crippen molar-refractivity contribution in [3.63, 3.8) is 0 Å². The summed E-state index contributed by atoms with van der Waals surface area (Å²) in [5, 5.41) is 13.5. The monoisotopic (exact) mass is 602 g/mol. The Kier molecular flexibility index (Phi) is 7.12. The molecule has 3 amide bonds. The van der Waals surface area contributed by atoms with Crippen LogP contribution in [0.15, 0.2) is 88.7 Å². The number of imide groups is 1. The van der Waals surface area contributed by atoms with Gasteiger partial charge in [-0.25, -0.2) is 4.90 Å². The maximum Gasteiger partial charge on any atom is 0.308 e. The highest BCUT2D eigenvalue weighted by Crippen LogP contribution is 2.53. The van der Waals surface area contributed by atoms with E-state index in [9.17, 15) is 29.3 Å². The Morgan fingerprint density at radius 2 is 1.67 bits per heavy atom. The van der Waals surface area contributed by atoms with Crippen molar-refractivity contribution in [3.05, 3.63) is 109 Å². The molecule has 3 aromatic carbocycles. The minimum Gasteiger partial charge on any atom is -0.497 e. The summed E-state index contributed by atoms with van der Waals surface area (Å²) in [5.41, 5.74) is 1.36. The highest BCUT2D eigenvalue weighted by Gasteiger charge is 2.56. The van der Waals surface area contributed by atoms with Gasteiger partial charge in [-0.3, -0.25) is 33.9 Å². The number of carbonyl (C=O) groups is 3. The second-order valence-corrected chi connectivity index (χ2v) is 11.8. The summed E-state index contributed by atoms with van der Waals surface area (Å²) < 4.78 is 6.49. The molecule has 212 valence electrons. The Hall–Kier alpha value is -4.75. The second kappa shape index (κ2) is 10.9. The number of thiazole rings is 1. The predicted octanol–water partition coefficient (Wildman–Crippen LogP) is 4.26. The molecule has 1 fully saturated rings. The minimum absolute atomic E-state index is 0.161. The van der Waals surface area contributed by atoms with Crippen LogP contribution in [0.1, 0.15) is 16.4 Å². The SMILES string of the molecule is COc1ccc(NC(=O)Cn2c3c(sc2=O)C(c2ccccc2)C2C(=O)N(c4ccc([N+](=O)[O-])cc4)C(=O)C2S3)cc1. The van der Waals surface area contributed by atoms with E-state index in [0.29, 0.717) is 21.3 Å². The molecule has 3 unspecified atom stereocenters. The van der Waals surface area contributed by atoms with Gasteiger partial charge in [0.25, 0.3) is 5.69 Å². The number of nitro groups is 1. The van der Waals surface area contributed by atoms with Crippen molar-refractivity contribution >= 4 is 57.9 Å². The highest BCUT2D eigenvalue weighted by molar-refractivity contribution is 8.00. The van der Waals surface area contributed by atoms with Gasteiger partial charge in [0, 0.05) is 28.6 Å². The third-order valence-electron chi connectivity index (χ3n) is 7.20. The van der Waals surface area contributed by atoms with Gasteiger partial charge in [-0.05, 0) is 42.0 Å². The van der Waals surface area contributed by atoms with E-state index in [2.05, 4.69) is 5.32 Å². The van der Waals surface area contributed by atoms with E-state index in [0.717, 1.165) is 33.6 Å². The van der Waals surface area contributed by atoms with E-state index in [1.165, 1.54) is 28.8 Å². The van der Waals surface area contributed by atoms with Crippen LogP contribution in [0.25, 0.3) is 0 Å². The molecule has 11 nitrogen and oxygen atoms in total. The summed E-state index contributed by atoms with van der Waals surface area (Å²) in [4.78, 5) is 65.8. The van der Waals surface area contributed by atoms with Crippen molar-refractivity contribution in [2.75, 3.05) is 17.3 Å². The molecule has 6 rings (SSSR count). The van der Waals surface area contributed by atoms with Crippen molar-refractivity contribution in [2.45, 2.75) is 22.7 Å². The first-order chi connectivity index (χ1) is 20.3. The predicted molar refractivity (Wildman–Crippen MR) is 157 cm³/mol. The first kappa shape index (κ1) is 27.4. The molecule has 0 radical (unpaired) electrons. The van der Waals surface area contributed by atoms with Gasteiger partial charge in [0.15, 0.2) is 0 Å². The number of anilines is 2. The zero-order chi connectivity index (χ0) is 29.5. The number of fused-ring (bicyclic) bond motifs is 2. The number of ether oxygens (including phenoxy) is 1. The third kappa shape index (κ3) is 4.76. The molecule has 1 N–H and O–H groups in total. The van der Waals surface area contributed by atoms with E-state index in [4.69, 9.17) is 4.74 Å². The molecular formula is C29H22N4O7S2. The smallest absolute Gasteiger partial charge is 0.308 e. The number of nitrogens with zero attached hydrogens (tertiary/aromatic N) is 3. The van der Waals surface area contributed by atoms with Gasteiger partial charge in [0.2, 0.25) is 17.7 Å². The standard InChI is InChI=1S/C29H22N4O7S2/c1-40-20-13-7-17(8-14-20)30-21(34)15-31-28-25(42-29(31)37)22(16-5-3-2-4-6-16)23-24(41-28)27(36)32(26(23)35)18-9-11-19(12-10-18)33(38)39/h2-14,22-24H,15H2,1H3,(H,30,34). The van der Waals surface area contributed by atoms with Crippen LogP contribution >= 0.6 is 23.1 Å². The first-order valence-electron chi connectivity index (χ1n) is 12.8. The lowest BCUT2D eigenvalue weighted by Gasteiger charge is -2.30. The largest absolute Gasteiger partial charge is 0.497 e. The molecule has 13 heteroatoms. The van der Waals surface area contributed by atoms with E-state index in [1.54, 1.807) is 31.4 Å². The molecule has 1 saturated heterocycles. The van der Waals surface area contributed by atoms with E-state index < -0.39 is 39.7 Å². The number of non-ortho nitro benzene ring substituents is 1. The highest BCUT2D eigenvalue weighted by atomic mass is 32.2. The Morgan fingerprint density at radius 1 is 0.976 bits per heavy atom. The maximum atomic E-state index is 13.9. The molecule has 2 aliphatic heterocycles. The molecule has 3 atom stereocenters. The van der Waals surface area contributed by atoms with Gasteiger partial charge in [-0.15, -0.1) is 0 Å². The zero-order valence-corrected chi connectivity index (χ0v) is 23.6. The van der Waals surface area contributed by atoms with Crippen LogP contribution in [0.5, 0.6) is 5.75 Å². The number of benzene rings is 3. The number of carbonyl (C=O) groups excluding carboxylic acids is 3. The maximum absolute atomic E-state index is 13.9. The molecule has 3 heterocycles. The number of hydrogen-bond acceptors (Lipinski definition) is 9. The quantitative estimate of drug-likeness (QED) is 0.188. The van der Waals surface area contributed by atoms with Crippen LogP contribution in [-0.2, 0) is 20.9 Å². The number of methoxy groups -OCH3 is 1. The van der Waals surface area contributed by atoms with Crippen LogP contribution in [0.4, 0.5) is 17.1 Å². The number of nitro benzene ring substituents is 1. The van der Waals surface area contributed by atoms with Gasteiger partial charge in [0.1, 0.15) is 17.5 Å². The van der Waals surface area contributed by atoms with Crippen LogP contribution in [0.3, 0.4) is 0 Å². The van der Waals surface area contributed by atoms with Crippen LogP contribution in [0.2, 0.25) is 0 Å². The summed E-state index contributed by atoms with van der Waals surface area (Å²) in [6.45, 7) is -0.281. The lowest BCUT2D eigenvalue weighted by atomic mass is 9.83. The van der Waals surface area contributed by atoms with Gasteiger partial charge >= 0.3 is 4.87 Å². The number of nitrogens with one attached hydrogen (secondary N) is 1. The lowest BCUT2D eigenvalue weighted by molar-refractivity contribution is -0.384. The summed E-state index contributed by atoms with van der Waals surface area (Å²) in [6.07, 6.45) is 0. The molecular weight excluding hydrogens is 580 g/mol.